The summed E-state index contributed by atoms with van der Waals surface area (Å²) >= 11 is 1.24. The summed E-state index contributed by atoms with van der Waals surface area (Å²) in [4.78, 5) is 14.7. The van der Waals surface area contributed by atoms with Crippen LogP contribution in [-0.2, 0) is 4.79 Å². The average Bonchev–Trinajstić information content (AvgIpc) is 3.28. The average molecular weight is 439 g/mol. The molecule has 2 aromatic carbocycles. The number of para-hydroxylation sites is 1. The van der Waals surface area contributed by atoms with Crippen LogP contribution in [0.25, 0.3) is 11.5 Å². The Labute approximate surface area is 186 Å². The Kier molecular flexibility index (Phi) is 6.76. The third kappa shape index (κ3) is 5.02. The molecule has 2 heterocycles. The number of carbonyl (C=O) groups is 1. The maximum Gasteiger partial charge on any atom is 0.277 e. The summed E-state index contributed by atoms with van der Waals surface area (Å²) in [6, 6.07) is 15.8. The molecule has 3 aromatic rings. The van der Waals surface area contributed by atoms with Gasteiger partial charge in [-0.25, -0.2) is 0 Å². The molecule has 1 aliphatic heterocycles. The second kappa shape index (κ2) is 9.87. The Morgan fingerprint density at radius 3 is 2.68 bits per heavy atom. The van der Waals surface area contributed by atoms with Crippen LogP contribution in [0.5, 0.6) is 5.75 Å². The van der Waals surface area contributed by atoms with Gasteiger partial charge in [0.1, 0.15) is 5.75 Å². The molecule has 1 aliphatic rings. The predicted molar refractivity (Wildman–Crippen MR) is 121 cm³/mol. The molecule has 162 valence electrons. The van der Waals surface area contributed by atoms with E-state index in [1.54, 1.807) is 0 Å². The van der Waals surface area contributed by atoms with Crippen molar-refractivity contribution >= 4 is 23.4 Å². The molecule has 0 bridgehead atoms. The van der Waals surface area contributed by atoms with Crippen LogP contribution in [0.2, 0.25) is 0 Å². The first-order chi connectivity index (χ1) is 15.2. The zero-order valence-electron chi connectivity index (χ0n) is 17.7. The summed E-state index contributed by atoms with van der Waals surface area (Å²) < 4.78 is 11.4. The molecule has 0 aliphatic carbocycles. The number of ether oxygens (including phenoxy) is 1. The number of anilines is 1. The molecule has 4 rings (SSSR count). The smallest absolute Gasteiger partial charge is 0.277 e. The molecule has 31 heavy (non-hydrogen) atoms. The van der Waals surface area contributed by atoms with Crippen molar-refractivity contribution in [3.63, 3.8) is 0 Å². The number of rotatable bonds is 8. The largest absolute Gasteiger partial charge is 0.493 e. The third-order valence-corrected chi connectivity index (χ3v) is 6.09. The van der Waals surface area contributed by atoms with Crippen molar-refractivity contribution in [2.45, 2.75) is 31.5 Å². The van der Waals surface area contributed by atoms with Crippen LogP contribution in [0.3, 0.4) is 0 Å². The van der Waals surface area contributed by atoms with Gasteiger partial charge in [-0.15, -0.1) is 10.2 Å². The molecular weight excluding hydrogens is 412 g/mol. The fourth-order valence-corrected chi connectivity index (χ4v) is 4.22. The fourth-order valence-electron chi connectivity index (χ4n) is 3.64. The summed E-state index contributed by atoms with van der Waals surface area (Å²) in [7, 11) is 0. The van der Waals surface area contributed by atoms with E-state index < -0.39 is 0 Å². The number of aromatic nitrogens is 2. The van der Waals surface area contributed by atoms with Crippen molar-refractivity contribution < 1.29 is 13.9 Å². The monoisotopic (exact) mass is 438 g/mol. The van der Waals surface area contributed by atoms with E-state index in [9.17, 15) is 4.79 Å². The van der Waals surface area contributed by atoms with E-state index in [1.165, 1.54) is 11.8 Å². The molecule has 1 N–H and O–H groups in total. The summed E-state index contributed by atoms with van der Waals surface area (Å²) in [6.07, 6.45) is 0.752. The summed E-state index contributed by atoms with van der Waals surface area (Å²) in [5.74, 6) is 1.42. The van der Waals surface area contributed by atoms with Crippen LogP contribution in [-0.4, -0.2) is 41.6 Å². The first kappa shape index (κ1) is 21.2. The Balaban J connectivity index is 1.33. The van der Waals surface area contributed by atoms with Crippen LogP contribution in [0.1, 0.15) is 31.9 Å². The van der Waals surface area contributed by atoms with Gasteiger partial charge in [-0.1, -0.05) is 30.0 Å². The quantitative estimate of drug-likeness (QED) is 0.525. The lowest BCUT2D eigenvalue weighted by Crippen LogP contribution is -2.33. The molecule has 0 spiro atoms. The van der Waals surface area contributed by atoms with E-state index in [2.05, 4.69) is 46.4 Å². The zero-order valence-corrected chi connectivity index (χ0v) is 18.5. The molecule has 1 unspecified atom stereocenters. The molecule has 1 aromatic heterocycles. The summed E-state index contributed by atoms with van der Waals surface area (Å²) in [5.41, 5.74) is 3.04. The number of hydrogen-bond acceptors (Lipinski definition) is 7. The fraction of sp³-hybridized carbons (Fsp3) is 0.348. The van der Waals surface area contributed by atoms with Crippen LogP contribution in [0.15, 0.2) is 58.2 Å². The minimum Gasteiger partial charge on any atom is -0.493 e. The number of nitrogens with one attached hydrogen (secondary N) is 1. The lowest BCUT2D eigenvalue weighted by molar-refractivity contribution is -0.119. The predicted octanol–water partition coefficient (Wildman–Crippen LogP) is 4.31. The highest BCUT2D eigenvalue weighted by molar-refractivity contribution is 7.99. The van der Waals surface area contributed by atoms with E-state index in [4.69, 9.17) is 9.15 Å². The van der Waals surface area contributed by atoms with Gasteiger partial charge in [0, 0.05) is 36.3 Å². The Bertz CT molecular complexity index is 1020. The van der Waals surface area contributed by atoms with E-state index in [0.717, 1.165) is 42.1 Å². The first-order valence-electron chi connectivity index (χ1n) is 10.5. The van der Waals surface area contributed by atoms with Crippen molar-refractivity contribution in [2.75, 3.05) is 30.3 Å². The number of benzene rings is 2. The molecule has 8 heteroatoms. The van der Waals surface area contributed by atoms with Crippen LogP contribution < -0.4 is 15.0 Å². The number of hydrogen-bond donors (Lipinski definition) is 1. The van der Waals surface area contributed by atoms with Crippen LogP contribution in [0, 0.1) is 0 Å². The van der Waals surface area contributed by atoms with Gasteiger partial charge in [-0.05, 0) is 44.2 Å². The highest BCUT2D eigenvalue weighted by atomic mass is 32.2. The Morgan fingerprint density at radius 1 is 1.13 bits per heavy atom. The van der Waals surface area contributed by atoms with Gasteiger partial charge in [0.2, 0.25) is 11.8 Å². The molecule has 0 fully saturated rings. The normalized spacial score (nSPS) is 15.1. The topological polar surface area (TPSA) is 80.5 Å². The number of amides is 1. The second-order valence-electron chi connectivity index (χ2n) is 7.18. The van der Waals surface area contributed by atoms with E-state index in [1.807, 2.05) is 36.4 Å². The standard InChI is InChI=1S/C23H26N4O3S/c1-3-27(4-2)17-11-9-16(10-12-17)22-25-26-23(30-22)31-15-21(28)24-19-13-14-29-20-8-6-5-7-18(19)20/h5-12,19H,3-4,13-15H2,1-2H3,(H,24,28). The minimum absolute atomic E-state index is 0.0411. The SMILES string of the molecule is CCN(CC)c1ccc(-c2nnc(SCC(=O)NC3CCOc4ccccc43)o2)cc1. The van der Waals surface area contributed by atoms with E-state index in [0.29, 0.717) is 17.7 Å². The lowest BCUT2D eigenvalue weighted by atomic mass is 10.0. The molecule has 1 amide bonds. The number of nitrogens with zero attached hydrogens (tertiary/aromatic N) is 3. The van der Waals surface area contributed by atoms with Gasteiger partial charge >= 0.3 is 0 Å². The lowest BCUT2D eigenvalue weighted by Gasteiger charge is -2.26. The van der Waals surface area contributed by atoms with Gasteiger partial charge in [0.05, 0.1) is 18.4 Å². The number of carbonyl (C=O) groups excluding carboxylic acids is 1. The van der Waals surface area contributed by atoms with Crippen molar-refractivity contribution in [1.29, 1.82) is 0 Å². The van der Waals surface area contributed by atoms with Gasteiger partial charge in [0.25, 0.3) is 5.22 Å². The Hall–Kier alpha value is -3.00. The van der Waals surface area contributed by atoms with Crippen molar-refractivity contribution in [3.8, 4) is 17.2 Å². The molecule has 0 saturated carbocycles. The molecule has 1 atom stereocenters. The second-order valence-corrected chi connectivity index (χ2v) is 8.10. The van der Waals surface area contributed by atoms with Gasteiger partial charge in [-0.3, -0.25) is 4.79 Å². The zero-order chi connectivity index (χ0) is 21.6. The first-order valence-corrected chi connectivity index (χ1v) is 11.5. The third-order valence-electron chi connectivity index (χ3n) is 5.27. The van der Waals surface area contributed by atoms with Crippen molar-refractivity contribution in [1.82, 2.24) is 15.5 Å². The van der Waals surface area contributed by atoms with E-state index in [-0.39, 0.29) is 17.7 Å². The number of thioether (sulfide) groups is 1. The molecule has 0 radical (unpaired) electrons. The van der Waals surface area contributed by atoms with Gasteiger partial charge < -0.3 is 19.4 Å². The minimum atomic E-state index is -0.0740. The highest BCUT2D eigenvalue weighted by Gasteiger charge is 2.23. The maximum atomic E-state index is 12.5. The number of fused-ring (bicyclic) bond motifs is 1. The van der Waals surface area contributed by atoms with Gasteiger partial charge in [0.15, 0.2) is 0 Å². The summed E-state index contributed by atoms with van der Waals surface area (Å²) in [5, 5.41) is 11.7. The Morgan fingerprint density at radius 2 is 1.90 bits per heavy atom. The van der Waals surface area contributed by atoms with Crippen LogP contribution in [0.4, 0.5) is 5.69 Å². The molecule has 7 nitrogen and oxygen atoms in total. The molecular formula is C23H26N4O3S. The maximum absolute atomic E-state index is 12.5. The molecule has 0 saturated heterocycles. The van der Waals surface area contributed by atoms with E-state index >= 15 is 0 Å². The van der Waals surface area contributed by atoms with Crippen LogP contribution >= 0.6 is 11.8 Å². The van der Waals surface area contributed by atoms with Crippen molar-refractivity contribution in [2.24, 2.45) is 0 Å². The van der Waals surface area contributed by atoms with Gasteiger partial charge in [-0.2, -0.15) is 0 Å². The van der Waals surface area contributed by atoms with Crippen molar-refractivity contribution in [3.05, 3.63) is 54.1 Å². The highest BCUT2D eigenvalue weighted by Crippen LogP contribution is 2.32. The summed E-state index contributed by atoms with van der Waals surface area (Å²) in [6.45, 7) is 6.78.